The Labute approximate surface area is 177 Å². The van der Waals surface area contributed by atoms with Crippen LogP contribution in [0.1, 0.15) is 44.9 Å². The van der Waals surface area contributed by atoms with Crippen LogP contribution in [0.2, 0.25) is 0 Å². The maximum atomic E-state index is 13.6. The molecule has 1 N–H and O–H groups in total. The molecule has 2 aromatic carbocycles. The molecule has 2 unspecified atom stereocenters. The van der Waals surface area contributed by atoms with E-state index >= 15 is 0 Å². The summed E-state index contributed by atoms with van der Waals surface area (Å²) in [5.74, 6) is -1.50. The Balaban J connectivity index is 0.00000155. The van der Waals surface area contributed by atoms with Crippen molar-refractivity contribution in [3.8, 4) is 0 Å². The molecule has 0 spiro atoms. The second kappa shape index (κ2) is 11.5. The number of amides is 1. The van der Waals surface area contributed by atoms with Crippen LogP contribution in [0.5, 0.6) is 0 Å². The molecule has 1 saturated heterocycles. The van der Waals surface area contributed by atoms with Crippen molar-refractivity contribution in [1.29, 1.82) is 0 Å². The van der Waals surface area contributed by atoms with Gasteiger partial charge in [0, 0.05) is 30.4 Å². The monoisotopic (exact) mass is 416 g/mol. The van der Waals surface area contributed by atoms with E-state index in [1.54, 1.807) is 0 Å². The quantitative estimate of drug-likeness (QED) is 0.689. The number of anilines is 1. The van der Waals surface area contributed by atoms with Gasteiger partial charge in [0.2, 0.25) is 5.91 Å². The first kappa shape index (κ1) is 23.5. The number of rotatable bonds is 5. The Kier molecular flexibility index (Phi) is 8.99. The van der Waals surface area contributed by atoms with Gasteiger partial charge in [-0.05, 0) is 55.8 Å². The lowest BCUT2D eigenvalue weighted by Crippen LogP contribution is -2.41. The van der Waals surface area contributed by atoms with Crippen molar-refractivity contribution in [3.63, 3.8) is 0 Å². The normalized spacial score (nSPS) is 17.3. The van der Waals surface area contributed by atoms with Gasteiger partial charge in [-0.1, -0.05) is 26.0 Å². The van der Waals surface area contributed by atoms with Gasteiger partial charge >= 0.3 is 0 Å². The maximum absolute atomic E-state index is 13.6. The van der Waals surface area contributed by atoms with Gasteiger partial charge in [-0.3, -0.25) is 4.79 Å². The summed E-state index contributed by atoms with van der Waals surface area (Å²) in [7, 11) is 0. The Morgan fingerprint density at radius 2 is 2.00 bits per heavy atom. The van der Waals surface area contributed by atoms with Gasteiger partial charge in [0.25, 0.3) is 0 Å². The van der Waals surface area contributed by atoms with Gasteiger partial charge in [-0.25, -0.2) is 8.78 Å². The molecule has 0 bridgehead atoms. The van der Waals surface area contributed by atoms with Crippen LogP contribution >= 0.6 is 0 Å². The average molecular weight is 417 g/mol. The van der Waals surface area contributed by atoms with E-state index in [-0.39, 0.29) is 23.6 Å². The SMILES string of the molecule is CC.CC1CN(c2cccc(C(C)NC(=O)/C=C/c3cc(F)ccc3F)c2)CCO1. The summed E-state index contributed by atoms with van der Waals surface area (Å²) in [6.45, 7) is 10.3. The molecule has 2 aromatic rings. The maximum Gasteiger partial charge on any atom is 0.244 e. The molecule has 0 radical (unpaired) electrons. The molecule has 0 aromatic heterocycles. The summed E-state index contributed by atoms with van der Waals surface area (Å²) >= 11 is 0. The van der Waals surface area contributed by atoms with Gasteiger partial charge in [-0.2, -0.15) is 0 Å². The average Bonchev–Trinajstić information content (AvgIpc) is 2.76. The van der Waals surface area contributed by atoms with Gasteiger partial charge in [-0.15, -0.1) is 0 Å². The summed E-state index contributed by atoms with van der Waals surface area (Å²) in [5.41, 5.74) is 2.09. The Bertz CT molecular complexity index is 870. The molecule has 1 amide bonds. The minimum atomic E-state index is -0.578. The lowest BCUT2D eigenvalue weighted by atomic mass is 10.1. The third-order valence-electron chi connectivity index (χ3n) is 4.71. The number of morpholine rings is 1. The molecule has 1 heterocycles. The fourth-order valence-electron chi connectivity index (χ4n) is 3.20. The minimum absolute atomic E-state index is 0.0336. The topological polar surface area (TPSA) is 41.6 Å². The van der Waals surface area contributed by atoms with Crippen molar-refractivity contribution in [2.24, 2.45) is 0 Å². The zero-order valence-electron chi connectivity index (χ0n) is 18.0. The van der Waals surface area contributed by atoms with Crippen molar-refractivity contribution in [3.05, 3.63) is 71.3 Å². The summed E-state index contributed by atoms with van der Waals surface area (Å²) in [6, 6.07) is 10.9. The lowest BCUT2D eigenvalue weighted by Gasteiger charge is -2.33. The van der Waals surface area contributed by atoms with Gasteiger partial charge < -0.3 is 15.0 Å². The Morgan fingerprint density at radius 1 is 1.23 bits per heavy atom. The van der Waals surface area contributed by atoms with Crippen LogP contribution in [0.25, 0.3) is 6.08 Å². The number of hydrogen-bond acceptors (Lipinski definition) is 3. The standard InChI is InChI=1S/C22H24F2N2O2.C2H6/c1-15-14-26(10-11-28-15)20-5-3-4-17(13-20)16(2)25-22(27)9-6-18-12-19(23)7-8-21(18)24;1-2/h3-9,12-13,15-16H,10-11,14H2,1-2H3,(H,25,27);1-2H3/b9-6+;. The van der Waals surface area contributed by atoms with Crippen LogP contribution in [-0.4, -0.2) is 31.7 Å². The molecule has 4 nitrogen and oxygen atoms in total. The predicted molar refractivity (Wildman–Crippen MR) is 117 cm³/mol. The molecule has 30 heavy (non-hydrogen) atoms. The fraction of sp³-hybridized carbons (Fsp3) is 0.375. The highest BCUT2D eigenvalue weighted by atomic mass is 19.1. The number of carbonyl (C=O) groups is 1. The van der Waals surface area contributed by atoms with Gasteiger partial charge in [0.1, 0.15) is 11.6 Å². The van der Waals surface area contributed by atoms with E-state index in [1.807, 2.05) is 45.9 Å². The van der Waals surface area contributed by atoms with Gasteiger partial charge in [0.15, 0.2) is 0 Å². The summed E-state index contributed by atoms with van der Waals surface area (Å²) in [4.78, 5) is 14.4. The number of benzene rings is 2. The van der Waals surface area contributed by atoms with Crippen molar-refractivity contribution in [2.45, 2.75) is 39.8 Å². The molecule has 0 saturated carbocycles. The smallest absolute Gasteiger partial charge is 0.244 e. The van der Waals surface area contributed by atoms with Crippen molar-refractivity contribution < 1.29 is 18.3 Å². The minimum Gasteiger partial charge on any atom is -0.375 e. The van der Waals surface area contributed by atoms with Crippen LogP contribution in [0.15, 0.2) is 48.5 Å². The van der Waals surface area contributed by atoms with E-state index < -0.39 is 11.6 Å². The van der Waals surface area contributed by atoms with Crippen molar-refractivity contribution in [1.82, 2.24) is 5.32 Å². The van der Waals surface area contributed by atoms with Crippen molar-refractivity contribution >= 4 is 17.7 Å². The molecule has 1 aliphatic rings. The number of nitrogens with one attached hydrogen (secondary N) is 1. The zero-order valence-corrected chi connectivity index (χ0v) is 18.0. The number of carbonyl (C=O) groups excluding carboxylic acids is 1. The molecule has 0 aliphatic carbocycles. The van der Waals surface area contributed by atoms with E-state index in [1.165, 1.54) is 12.2 Å². The molecular weight excluding hydrogens is 386 g/mol. The first-order valence-corrected chi connectivity index (χ1v) is 10.3. The summed E-state index contributed by atoms with van der Waals surface area (Å²) in [6.07, 6.45) is 2.66. The van der Waals surface area contributed by atoms with Gasteiger partial charge in [0.05, 0.1) is 18.8 Å². The van der Waals surface area contributed by atoms with Crippen LogP contribution < -0.4 is 10.2 Å². The largest absolute Gasteiger partial charge is 0.375 e. The summed E-state index contributed by atoms with van der Waals surface area (Å²) in [5, 5.41) is 2.85. The van der Waals surface area contributed by atoms with Crippen LogP contribution in [0.3, 0.4) is 0 Å². The third-order valence-corrected chi connectivity index (χ3v) is 4.71. The first-order chi connectivity index (χ1) is 14.4. The molecule has 6 heteroatoms. The van der Waals surface area contributed by atoms with E-state index in [4.69, 9.17) is 4.74 Å². The van der Waals surface area contributed by atoms with Crippen LogP contribution in [0, 0.1) is 11.6 Å². The molecule has 1 aliphatic heterocycles. The highest BCUT2D eigenvalue weighted by molar-refractivity contribution is 5.92. The van der Waals surface area contributed by atoms with E-state index in [2.05, 4.69) is 16.3 Å². The number of halogens is 2. The Hall–Kier alpha value is -2.73. The molecule has 1 fully saturated rings. The first-order valence-electron chi connectivity index (χ1n) is 10.3. The molecular formula is C24H30F2N2O2. The highest BCUT2D eigenvalue weighted by Gasteiger charge is 2.18. The predicted octanol–water partition coefficient (Wildman–Crippen LogP) is 5.11. The second-order valence-electron chi connectivity index (χ2n) is 6.95. The van der Waals surface area contributed by atoms with Crippen LogP contribution in [0.4, 0.5) is 14.5 Å². The van der Waals surface area contributed by atoms with E-state index in [0.717, 1.165) is 42.5 Å². The third kappa shape index (κ3) is 6.66. The van der Waals surface area contributed by atoms with Crippen LogP contribution in [-0.2, 0) is 9.53 Å². The second-order valence-corrected chi connectivity index (χ2v) is 6.95. The highest BCUT2D eigenvalue weighted by Crippen LogP contribution is 2.22. The van der Waals surface area contributed by atoms with Crippen molar-refractivity contribution in [2.75, 3.05) is 24.6 Å². The number of nitrogens with zero attached hydrogens (tertiary/aromatic N) is 1. The molecule has 3 rings (SSSR count). The number of hydrogen-bond donors (Lipinski definition) is 1. The molecule has 162 valence electrons. The summed E-state index contributed by atoms with van der Waals surface area (Å²) < 4.78 is 32.4. The Morgan fingerprint density at radius 3 is 2.73 bits per heavy atom. The molecule has 2 atom stereocenters. The van der Waals surface area contributed by atoms with E-state index in [0.29, 0.717) is 6.61 Å². The number of ether oxygens (including phenoxy) is 1. The zero-order chi connectivity index (χ0) is 22.1. The lowest BCUT2D eigenvalue weighted by molar-refractivity contribution is -0.117. The van der Waals surface area contributed by atoms with E-state index in [9.17, 15) is 13.6 Å². The fourth-order valence-corrected chi connectivity index (χ4v) is 3.20.